The van der Waals surface area contributed by atoms with E-state index >= 15 is 0 Å². The molecule has 0 aliphatic heterocycles. The molecule has 2 aromatic rings. The number of aromatic nitrogens is 2. The molecule has 4 nitrogen and oxygen atoms in total. The highest BCUT2D eigenvalue weighted by Gasteiger charge is 2.39. The first kappa shape index (κ1) is 13.4. The van der Waals surface area contributed by atoms with Crippen LogP contribution in [-0.4, -0.2) is 15.7 Å². The molecule has 2 atom stereocenters. The van der Waals surface area contributed by atoms with Gasteiger partial charge in [0.15, 0.2) is 0 Å². The summed E-state index contributed by atoms with van der Waals surface area (Å²) < 4.78 is 2.87. The zero-order chi connectivity index (χ0) is 14.1. The number of carbonyl (C=O) groups excluding carboxylic acids is 1. The highest BCUT2D eigenvalue weighted by Crippen LogP contribution is 2.38. The number of nitrogens with zero attached hydrogens (tertiary/aromatic N) is 2. The Kier molecular flexibility index (Phi) is 3.61. The van der Waals surface area contributed by atoms with Crippen molar-refractivity contribution in [3.05, 3.63) is 46.6 Å². The number of halogens is 1. The summed E-state index contributed by atoms with van der Waals surface area (Å²) in [5.41, 5.74) is 1.15. The molecule has 1 heterocycles. The first-order valence-electron chi connectivity index (χ1n) is 6.70. The molecule has 1 aliphatic carbocycles. The number of nitrogens with one attached hydrogen (secondary N) is 1. The van der Waals surface area contributed by atoms with E-state index in [1.54, 1.807) is 6.20 Å². The SMILES string of the molecule is C[C@@H]1C[C@H]1C(=O)Nc1ccnn1Cc1ccc(Br)cc1. The first-order valence-corrected chi connectivity index (χ1v) is 7.50. The molecule has 0 bridgehead atoms. The van der Waals surface area contributed by atoms with Crippen molar-refractivity contribution in [2.24, 2.45) is 11.8 Å². The van der Waals surface area contributed by atoms with Crippen molar-refractivity contribution in [2.45, 2.75) is 19.9 Å². The van der Waals surface area contributed by atoms with Crippen LogP contribution in [0, 0.1) is 11.8 Å². The smallest absolute Gasteiger partial charge is 0.228 e. The van der Waals surface area contributed by atoms with E-state index in [0.29, 0.717) is 12.5 Å². The molecule has 0 saturated heterocycles. The number of carbonyl (C=O) groups is 1. The van der Waals surface area contributed by atoms with Gasteiger partial charge in [-0.3, -0.25) is 4.79 Å². The summed E-state index contributed by atoms with van der Waals surface area (Å²) in [6.45, 7) is 2.75. The van der Waals surface area contributed by atoms with Crippen molar-refractivity contribution in [2.75, 3.05) is 5.32 Å². The fourth-order valence-corrected chi connectivity index (χ4v) is 2.50. The monoisotopic (exact) mass is 333 g/mol. The summed E-state index contributed by atoms with van der Waals surface area (Å²) in [6, 6.07) is 9.93. The van der Waals surface area contributed by atoms with Gasteiger partial charge in [0, 0.05) is 16.5 Å². The Bertz CT molecular complexity index is 620. The van der Waals surface area contributed by atoms with Crippen molar-refractivity contribution in [3.63, 3.8) is 0 Å². The fraction of sp³-hybridized carbons (Fsp3) is 0.333. The maximum Gasteiger partial charge on any atom is 0.228 e. The summed E-state index contributed by atoms with van der Waals surface area (Å²) in [5, 5.41) is 7.24. The molecule has 0 radical (unpaired) electrons. The van der Waals surface area contributed by atoms with Crippen LogP contribution in [0.1, 0.15) is 18.9 Å². The van der Waals surface area contributed by atoms with Gasteiger partial charge in [-0.25, -0.2) is 4.68 Å². The van der Waals surface area contributed by atoms with Crippen LogP contribution in [0.25, 0.3) is 0 Å². The van der Waals surface area contributed by atoms with Crippen molar-refractivity contribution in [3.8, 4) is 0 Å². The number of hydrogen-bond donors (Lipinski definition) is 1. The second-order valence-electron chi connectivity index (χ2n) is 5.31. The van der Waals surface area contributed by atoms with Gasteiger partial charge in [-0.05, 0) is 30.0 Å². The molecule has 20 heavy (non-hydrogen) atoms. The third kappa shape index (κ3) is 2.93. The van der Waals surface area contributed by atoms with E-state index in [2.05, 4.69) is 33.3 Å². The Morgan fingerprint density at radius 2 is 2.10 bits per heavy atom. The van der Waals surface area contributed by atoms with E-state index in [-0.39, 0.29) is 11.8 Å². The molecule has 1 fully saturated rings. The molecule has 1 N–H and O–H groups in total. The second kappa shape index (κ2) is 5.40. The Balaban J connectivity index is 1.70. The maximum absolute atomic E-state index is 12.0. The molecule has 3 rings (SSSR count). The maximum atomic E-state index is 12.0. The molecule has 0 spiro atoms. The summed E-state index contributed by atoms with van der Waals surface area (Å²) >= 11 is 3.42. The van der Waals surface area contributed by atoms with Crippen molar-refractivity contribution in [1.29, 1.82) is 0 Å². The molecule has 1 saturated carbocycles. The molecule has 1 aromatic carbocycles. The van der Waals surface area contributed by atoms with Gasteiger partial charge < -0.3 is 5.32 Å². The average Bonchev–Trinajstić information content (AvgIpc) is 3.01. The average molecular weight is 334 g/mol. The summed E-state index contributed by atoms with van der Waals surface area (Å²) in [5.74, 6) is 1.55. The van der Waals surface area contributed by atoms with Crippen LogP contribution in [0.2, 0.25) is 0 Å². The Labute approximate surface area is 126 Å². The molecular weight excluding hydrogens is 318 g/mol. The van der Waals surface area contributed by atoms with E-state index in [9.17, 15) is 4.79 Å². The normalized spacial score (nSPS) is 20.7. The number of benzene rings is 1. The minimum absolute atomic E-state index is 0.107. The molecular formula is C15H16BrN3O. The Morgan fingerprint density at radius 1 is 1.40 bits per heavy atom. The standard InChI is InChI=1S/C15H16BrN3O/c1-10-8-13(10)15(20)18-14-6-7-17-19(14)9-11-2-4-12(16)5-3-11/h2-7,10,13H,8-9H2,1H3,(H,18,20)/t10-,13-/m1/s1. The number of anilines is 1. The summed E-state index contributed by atoms with van der Waals surface area (Å²) in [4.78, 5) is 12.0. The van der Waals surface area contributed by atoms with Gasteiger partial charge >= 0.3 is 0 Å². The van der Waals surface area contributed by atoms with Gasteiger partial charge in [-0.15, -0.1) is 0 Å². The van der Waals surface area contributed by atoms with Gasteiger partial charge in [0.25, 0.3) is 0 Å². The number of amides is 1. The van der Waals surface area contributed by atoms with Gasteiger partial charge in [0.1, 0.15) is 5.82 Å². The third-order valence-electron chi connectivity index (χ3n) is 3.66. The third-order valence-corrected chi connectivity index (χ3v) is 4.19. The predicted molar refractivity (Wildman–Crippen MR) is 81.4 cm³/mol. The van der Waals surface area contributed by atoms with Crippen LogP contribution in [0.5, 0.6) is 0 Å². The highest BCUT2D eigenvalue weighted by molar-refractivity contribution is 9.10. The van der Waals surface area contributed by atoms with Crippen LogP contribution in [-0.2, 0) is 11.3 Å². The molecule has 1 aromatic heterocycles. The molecule has 1 aliphatic rings. The number of hydrogen-bond acceptors (Lipinski definition) is 2. The van der Waals surface area contributed by atoms with Gasteiger partial charge in [-0.1, -0.05) is 35.0 Å². The minimum atomic E-state index is 0.107. The topological polar surface area (TPSA) is 46.9 Å². The Hall–Kier alpha value is -1.62. The lowest BCUT2D eigenvalue weighted by atomic mass is 10.2. The van der Waals surface area contributed by atoms with Crippen LogP contribution >= 0.6 is 15.9 Å². The molecule has 0 unspecified atom stereocenters. The largest absolute Gasteiger partial charge is 0.311 e. The van der Waals surface area contributed by atoms with Crippen molar-refractivity contribution in [1.82, 2.24) is 9.78 Å². The second-order valence-corrected chi connectivity index (χ2v) is 6.22. The van der Waals surface area contributed by atoms with Crippen molar-refractivity contribution >= 4 is 27.7 Å². The van der Waals surface area contributed by atoms with Crippen LogP contribution < -0.4 is 5.32 Å². The molecule has 104 valence electrons. The summed E-state index contributed by atoms with van der Waals surface area (Å²) in [7, 11) is 0. The highest BCUT2D eigenvalue weighted by atomic mass is 79.9. The molecule has 1 amide bonds. The van der Waals surface area contributed by atoms with Gasteiger partial charge in [-0.2, -0.15) is 5.10 Å². The lowest BCUT2D eigenvalue weighted by Crippen LogP contribution is -2.18. The lowest BCUT2D eigenvalue weighted by Gasteiger charge is -2.09. The van der Waals surface area contributed by atoms with Crippen LogP contribution in [0.4, 0.5) is 5.82 Å². The quantitative estimate of drug-likeness (QED) is 0.933. The van der Waals surface area contributed by atoms with Crippen molar-refractivity contribution < 1.29 is 4.79 Å². The van der Waals surface area contributed by atoms with E-state index in [1.165, 1.54) is 0 Å². The van der Waals surface area contributed by atoms with Crippen LogP contribution in [0.15, 0.2) is 41.0 Å². The number of rotatable bonds is 4. The van der Waals surface area contributed by atoms with E-state index in [0.717, 1.165) is 22.3 Å². The van der Waals surface area contributed by atoms with Gasteiger partial charge in [0.2, 0.25) is 5.91 Å². The van der Waals surface area contributed by atoms with E-state index < -0.39 is 0 Å². The lowest BCUT2D eigenvalue weighted by molar-refractivity contribution is -0.117. The predicted octanol–water partition coefficient (Wildman–Crippen LogP) is 3.29. The minimum Gasteiger partial charge on any atom is -0.311 e. The zero-order valence-electron chi connectivity index (χ0n) is 11.2. The fourth-order valence-electron chi connectivity index (χ4n) is 2.23. The first-order chi connectivity index (χ1) is 9.63. The van der Waals surface area contributed by atoms with Crippen LogP contribution in [0.3, 0.4) is 0 Å². The zero-order valence-corrected chi connectivity index (χ0v) is 12.8. The summed E-state index contributed by atoms with van der Waals surface area (Å²) in [6.07, 6.45) is 2.71. The van der Waals surface area contributed by atoms with E-state index in [4.69, 9.17) is 0 Å². The molecule has 5 heteroatoms. The Morgan fingerprint density at radius 3 is 2.75 bits per heavy atom. The van der Waals surface area contributed by atoms with E-state index in [1.807, 2.05) is 35.0 Å². The van der Waals surface area contributed by atoms with Gasteiger partial charge in [0.05, 0.1) is 12.7 Å².